The van der Waals surface area contributed by atoms with E-state index in [1.165, 1.54) is 4.90 Å². The topological polar surface area (TPSA) is 66.8 Å². The molecule has 15 heavy (non-hydrogen) atoms. The number of halogens is 1. The molecule has 0 aromatic carbocycles. The number of amides is 1. The number of carbonyl (C=O) groups is 2. The van der Waals surface area contributed by atoms with Crippen LogP contribution < -0.4 is 0 Å². The summed E-state index contributed by atoms with van der Waals surface area (Å²) in [6, 6.07) is -0.689. The molecule has 1 heterocycles. The Kier molecular flexibility index (Phi) is 4.35. The van der Waals surface area contributed by atoms with Crippen molar-refractivity contribution in [1.29, 1.82) is 0 Å². The largest absolute Gasteiger partial charge is 0.464 e. The molecule has 1 rings (SSSR count). The van der Waals surface area contributed by atoms with Gasteiger partial charge < -0.3 is 14.7 Å². The molecule has 2 atom stereocenters. The third kappa shape index (κ3) is 2.82. The first-order valence-electron chi connectivity index (χ1n) is 4.80. The van der Waals surface area contributed by atoms with E-state index in [0.717, 1.165) is 0 Å². The maximum atomic E-state index is 11.5. The average molecular weight is 236 g/mol. The quantitative estimate of drug-likeness (QED) is 0.541. The van der Waals surface area contributed by atoms with Crippen LogP contribution in [0.15, 0.2) is 0 Å². The number of nitrogens with zero attached hydrogens (tertiary/aromatic N) is 1. The molecule has 0 aromatic heterocycles. The molecule has 6 heteroatoms. The second-order valence-corrected chi connectivity index (χ2v) is 3.60. The molecule has 1 aliphatic heterocycles. The number of esters is 1. The monoisotopic (exact) mass is 235 g/mol. The standard InChI is InChI=1S/C9H14ClNO4/c1-2-15-9(14)7-3-6(12)5-11(7)8(13)4-10/h6-7,12H,2-5H2,1H3/t6-,7-/m1/s1. The minimum atomic E-state index is -0.689. The molecule has 0 aromatic rings. The van der Waals surface area contributed by atoms with Crippen LogP contribution in [-0.4, -0.2) is 53.1 Å². The molecule has 0 aliphatic carbocycles. The lowest BCUT2D eigenvalue weighted by Gasteiger charge is -2.21. The van der Waals surface area contributed by atoms with Crippen molar-refractivity contribution in [1.82, 2.24) is 4.90 Å². The van der Waals surface area contributed by atoms with Gasteiger partial charge in [0.25, 0.3) is 0 Å². The lowest BCUT2D eigenvalue weighted by atomic mass is 10.2. The Morgan fingerprint density at radius 1 is 1.60 bits per heavy atom. The van der Waals surface area contributed by atoms with E-state index in [2.05, 4.69) is 0 Å². The van der Waals surface area contributed by atoms with Crippen LogP contribution in [0.1, 0.15) is 13.3 Å². The Bertz CT molecular complexity index is 258. The number of β-amino-alcohol motifs (C(OH)–C–C–N with tert-alkyl or cyclic N) is 1. The lowest BCUT2D eigenvalue weighted by Crippen LogP contribution is -2.42. The maximum absolute atomic E-state index is 11.5. The summed E-state index contributed by atoms with van der Waals surface area (Å²) in [6.45, 7) is 2.10. The molecule has 1 saturated heterocycles. The minimum Gasteiger partial charge on any atom is -0.464 e. The summed E-state index contributed by atoms with van der Waals surface area (Å²) >= 11 is 5.40. The highest BCUT2D eigenvalue weighted by atomic mass is 35.5. The van der Waals surface area contributed by atoms with Gasteiger partial charge in [-0.05, 0) is 6.92 Å². The first kappa shape index (κ1) is 12.3. The van der Waals surface area contributed by atoms with Crippen LogP contribution in [0.4, 0.5) is 0 Å². The van der Waals surface area contributed by atoms with Crippen LogP contribution in [0.5, 0.6) is 0 Å². The van der Waals surface area contributed by atoms with Gasteiger partial charge in [-0.3, -0.25) is 4.79 Å². The van der Waals surface area contributed by atoms with Crippen LogP contribution in [0, 0.1) is 0 Å². The van der Waals surface area contributed by atoms with Crippen molar-refractivity contribution >= 4 is 23.5 Å². The van der Waals surface area contributed by atoms with E-state index in [4.69, 9.17) is 16.3 Å². The van der Waals surface area contributed by atoms with Crippen molar-refractivity contribution in [3.8, 4) is 0 Å². The molecule has 1 aliphatic rings. The smallest absolute Gasteiger partial charge is 0.328 e. The van der Waals surface area contributed by atoms with Crippen molar-refractivity contribution in [3.63, 3.8) is 0 Å². The molecule has 0 bridgehead atoms. The number of likely N-dealkylation sites (tertiary alicyclic amines) is 1. The zero-order valence-electron chi connectivity index (χ0n) is 8.48. The Balaban J connectivity index is 2.68. The van der Waals surface area contributed by atoms with Gasteiger partial charge in [0.05, 0.1) is 12.7 Å². The van der Waals surface area contributed by atoms with Gasteiger partial charge in [-0.15, -0.1) is 11.6 Å². The molecule has 5 nitrogen and oxygen atoms in total. The fourth-order valence-electron chi connectivity index (χ4n) is 1.63. The van der Waals surface area contributed by atoms with Crippen molar-refractivity contribution < 1.29 is 19.4 Å². The maximum Gasteiger partial charge on any atom is 0.328 e. The van der Waals surface area contributed by atoms with Gasteiger partial charge in [-0.1, -0.05) is 0 Å². The predicted octanol–water partition coefficient (Wildman–Crippen LogP) is -0.250. The van der Waals surface area contributed by atoms with Crippen LogP contribution in [0.2, 0.25) is 0 Å². The highest BCUT2D eigenvalue weighted by molar-refractivity contribution is 6.27. The number of hydrogen-bond acceptors (Lipinski definition) is 4. The Labute approximate surface area is 92.9 Å². The van der Waals surface area contributed by atoms with Gasteiger partial charge in [0.15, 0.2) is 0 Å². The number of hydrogen-bond donors (Lipinski definition) is 1. The average Bonchev–Trinajstić information content (AvgIpc) is 2.59. The van der Waals surface area contributed by atoms with Crippen molar-refractivity contribution in [2.45, 2.75) is 25.5 Å². The number of aliphatic hydroxyl groups is 1. The summed E-state index contributed by atoms with van der Waals surface area (Å²) in [5.74, 6) is -1.03. The summed E-state index contributed by atoms with van der Waals surface area (Å²) < 4.78 is 4.81. The lowest BCUT2D eigenvalue weighted by molar-refractivity contribution is -0.152. The fraction of sp³-hybridized carbons (Fsp3) is 0.778. The number of rotatable bonds is 3. The van der Waals surface area contributed by atoms with Crippen molar-refractivity contribution in [2.24, 2.45) is 0 Å². The SMILES string of the molecule is CCOC(=O)[C@H]1C[C@@H](O)CN1C(=O)CCl. The van der Waals surface area contributed by atoms with E-state index in [0.29, 0.717) is 0 Å². The Morgan fingerprint density at radius 2 is 2.27 bits per heavy atom. The van der Waals surface area contributed by atoms with Crippen LogP contribution in [0.3, 0.4) is 0 Å². The van der Waals surface area contributed by atoms with Gasteiger partial charge in [-0.25, -0.2) is 4.79 Å². The normalized spacial score (nSPS) is 25.4. The second-order valence-electron chi connectivity index (χ2n) is 3.34. The van der Waals surface area contributed by atoms with Gasteiger partial charge in [0, 0.05) is 13.0 Å². The number of carbonyl (C=O) groups excluding carboxylic acids is 2. The summed E-state index contributed by atoms with van der Waals surface area (Å²) in [5.41, 5.74) is 0. The number of aliphatic hydroxyl groups excluding tert-OH is 1. The zero-order valence-corrected chi connectivity index (χ0v) is 9.24. The molecule has 0 saturated carbocycles. The van der Waals surface area contributed by atoms with E-state index in [1.807, 2.05) is 0 Å². The van der Waals surface area contributed by atoms with Gasteiger partial charge in [0.1, 0.15) is 11.9 Å². The van der Waals surface area contributed by atoms with Crippen LogP contribution in [0.25, 0.3) is 0 Å². The highest BCUT2D eigenvalue weighted by Crippen LogP contribution is 2.19. The van der Waals surface area contributed by atoms with E-state index < -0.39 is 18.1 Å². The summed E-state index contributed by atoms with van der Waals surface area (Å²) in [7, 11) is 0. The minimum absolute atomic E-state index is 0.148. The predicted molar refractivity (Wildman–Crippen MR) is 53.5 cm³/mol. The zero-order chi connectivity index (χ0) is 11.4. The molecule has 1 fully saturated rings. The molecule has 0 radical (unpaired) electrons. The van der Waals surface area contributed by atoms with Crippen LogP contribution in [-0.2, 0) is 14.3 Å². The summed E-state index contributed by atoms with van der Waals surface area (Å²) in [4.78, 5) is 24.1. The molecular weight excluding hydrogens is 222 g/mol. The second kappa shape index (κ2) is 5.32. The van der Waals surface area contributed by atoms with E-state index in [-0.39, 0.29) is 31.4 Å². The van der Waals surface area contributed by atoms with E-state index >= 15 is 0 Å². The molecule has 0 spiro atoms. The first-order valence-corrected chi connectivity index (χ1v) is 5.33. The number of alkyl halides is 1. The van der Waals surface area contributed by atoms with Gasteiger partial charge in [-0.2, -0.15) is 0 Å². The van der Waals surface area contributed by atoms with Gasteiger partial charge in [0.2, 0.25) is 5.91 Å². The third-order valence-corrected chi connectivity index (χ3v) is 2.50. The summed E-state index contributed by atoms with van der Waals surface area (Å²) in [5, 5.41) is 9.39. The molecule has 1 amide bonds. The first-order chi connectivity index (χ1) is 7.10. The Morgan fingerprint density at radius 3 is 2.80 bits per heavy atom. The third-order valence-electron chi connectivity index (χ3n) is 2.27. The summed E-state index contributed by atoms with van der Waals surface area (Å²) in [6.07, 6.45) is -0.451. The molecular formula is C9H14ClNO4. The fourth-order valence-corrected chi connectivity index (χ4v) is 1.78. The van der Waals surface area contributed by atoms with Crippen molar-refractivity contribution in [3.05, 3.63) is 0 Å². The van der Waals surface area contributed by atoms with Crippen LogP contribution >= 0.6 is 11.6 Å². The van der Waals surface area contributed by atoms with Crippen molar-refractivity contribution in [2.75, 3.05) is 19.0 Å². The Hall–Kier alpha value is -0.810. The van der Waals surface area contributed by atoms with E-state index in [1.54, 1.807) is 6.92 Å². The molecule has 1 N–H and O–H groups in total. The molecule has 86 valence electrons. The van der Waals surface area contributed by atoms with Gasteiger partial charge >= 0.3 is 5.97 Å². The molecule has 0 unspecified atom stereocenters. The van der Waals surface area contributed by atoms with E-state index in [9.17, 15) is 14.7 Å². The number of ether oxygens (including phenoxy) is 1. The highest BCUT2D eigenvalue weighted by Gasteiger charge is 2.39.